The van der Waals surface area contributed by atoms with Gasteiger partial charge in [0.2, 0.25) is 5.91 Å². The lowest BCUT2D eigenvalue weighted by atomic mass is 9.96. The number of amides is 1. The van der Waals surface area contributed by atoms with Gasteiger partial charge in [0.25, 0.3) is 0 Å². The smallest absolute Gasteiger partial charge is 0.341 e. The number of ether oxygens (including phenoxy) is 1. The fourth-order valence-corrected chi connectivity index (χ4v) is 2.85. The molecule has 0 radical (unpaired) electrons. The van der Waals surface area contributed by atoms with E-state index in [-0.39, 0.29) is 11.8 Å². The molecular weight excluding hydrogens is 336 g/mol. The number of benzene rings is 1. The Labute approximate surface area is 150 Å². The van der Waals surface area contributed by atoms with Gasteiger partial charge in [0.15, 0.2) is 6.61 Å². The van der Waals surface area contributed by atoms with Crippen LogP contribution in [0.25, 0.3) is 0 Å². The molecule has 1 aromatic carbocycles. The third-order valence-corrected chi connectivity index (χ3v) is 4.22. The van der Waals surface area contributed by atoms with Crippen molar-refractivity contribution in [3.8, 4) is 5.75 Å². The number of carbonyl (C=O) groups excluding carboxylic acids is 1. The summed E-state index contributed by atoms with van der Waals surface area (Å²) >= 11 is 0. The van der Waals surface area contributed by atoms with E-state index in [9.17, 15) is 9.59 Å². The molecule has 1 aliphatic rings. The lowest BCUT2D eigenvalue weighted by Crippen LogP contribution is -2.38. The molecule has 26 heavy (non-hydrogen) atoms. The summed E-state index contributed by atoms with van der Waals surface area (Å²) < 4.78 is 5.07. The van der Waals surface area contributed by atoms with Crippen molar-refractivity contribution in [2.24, 2.45) is 5.92 Å². The van der Waals surface area contributed by atoms with Gasteiger partial charge < -0.3 is 20.1 Å². The van der Waals surface area contributed by atoms with E-state index in [1.54, 1.807) is 42.9 Å². The molecule has 1 aliphatic heterocycles. The molecule has 1 fully saturated rings. The van der Waals surface area contributed by atoms with Crippen molar-refractivity contribution in [2.45, 2.75) is 12.8 Å². The maximum atomic E-state index is 12.4. The molecule has 0 bridgehead atoms. The van der Waals surface area contributed by atoms with E-state index in [2.05, 4.69) is 20.2 Å². The fourth-order valence-electron chi connectivity index (χ4n) is 2.85. The van der Waals surface area contributed by atoms with Gasteiger partial charge in [-0.05, 0) is 37.1 Å². The summed E-state index contributed by atoms with van der Waals surface area (Å²) in [4.78, 5) is 33.4. The second kappa shape index (κ2) is 8.28. The molecule has 0 unspecified atom stereocenters. The summed E-state index contributed by atoms with van der Waals surface area (Å²) in [6.07, 6.45) is 6.54. The number of anilines is 2. The van der Waals surface area contributed by atoms with Crippen LogP contribution in [0, 0.1) is 5.92 Å². The number of carbonyl (C=O) groups is 2. The molecule has 0 atom stereocenters. The Hall–Kier alpha value is -3.16. The number of nitrogens with one attached hydrogen (secondary N) is 1. The Kier molecular flexibility index (Phi) is 5.62. The molecule has 1 saturated heterocycles. The van der Waals surface area contributed by atoms with Crippen LogP contribution in [-0.4, -0.2) is 46.6 Å². The second-order valence-electron chi connectivity index (χ2n) is 6.02. The van der Waals surface area contributed by atoms with Crippen molar-refractivity contribution in [3.05, 3.63) is 42.9 Å². The fraction of sp³-hybridized carbons (Fsp3) is 0.333. The van der Waals surface area contributed by atoms with Gasteiger partial charge in [-0.1, -0.05) is 0 Å². The first kappa shape index (κ1) is 17.7. The SMILES string of the molecule is O=C(O)COc1ccc(NC(=O)C2CCN(c3cnccn3)CC2)cc1. The third-order valence-electron chi connectivity index (χ3n) is 4.22. The van der Waals surface area contributed by atoms with Crippen LogP contribution in [0.15, 0.2) is 42.9 Å². The normalized spacial score (nSPS) is 14.7. The molecule has 0 saturated carbocycles. The number of carboxylic acid groups (broad SMARTS) is 1. The Morgan fingerprint density at radius 3 is 2.54 bits per heavy atom. The Morgan fingerprint density at radius 2 is 1.92 bits per heavy atom. The van der Waals surface area contributed by atoms with E-state index in [4.69, 9.17) is 9.84 Å². The number of aromatic nitrogens is 2. The van der Waals surface area contributed by atoms with E-state index in [0.29, 0.717) is 11.4 Å². The van der Waals surface area contributed by atoms with Crippen LogP contribution in [0.2, 0.25) is 0 Å². The van der Waals surface area contributed by atoms with Gasteiger partial charge in [-0.25, -0.2) is 9.78 Å². The van der Waals surface area contributed by atoms with Crippen molar-refractivity contribution in [2.75, 3.05) is 29.9 Å². The minimum Gasteiger partial charge on any atom is -0.482 e. The number of nitrogens with zero attached hydrogens (tertiary/aromatic N) is 3. The molecule has 0 aliphatic carbocycles. The average Bonchev–Trinajstić information content (AvgIpc) is 2.68. The van der Waals surface area contributed by atoms with Crippen LogP contribution in [0.5, 0.6) is 5.75 Å². The average molecular weight is 356 g/mol. The Balaban J connectivity index is 1.49. The van der Waals surface area contributed by atoms with Crippen molar-refractivity contribution in [3.63, 3.8) is 0 Å². The minimum atomic E-state index is -1.03. The lowest BCUT2D eigenvalue weighted by Gasteiger charge is -2.31. The quantitative estimate of drug-likeness (QED) is 0.813. The van der Waals surface area contributed by atoms with E-state index in [0.717, 1.165) is 31.7 Å². The van der Waals surface area contributed by atoms with Crippen LogP contribution in [0.1, 0.15) is 12.8 Å². The summed E-state index contributed by atoms with van der Waals surface area (Å²) in [5.41, 5.74) is 0.661. The van der Waals surface area contributed by atoms with Crippen molar-refractivity contribution in [1.82, 2.24) is 9.97 Å². The number of carboxylic acids is 1. The first-order valence-electron chi connectivity index (χ1n) is 8.38. The Morgan fingerprint density at radius 1 is 1.19 bits per heavy atom. The maximum Gasteiger partial charge on any atom is 0.341 e. The van der Waals surface area contributed by atoms with Gasteiger partial charge in [0.05, 0.1) is 6.20 Å². The maximum absolute atomic E-state index is 12.4. The van der Waals surface area contributed by atoms with Crippen molar-refractivity contribution in [1.29, 1.82) is 0 Å². The first-order chi connectivity index (χ1) is 12.6. The predicted octanol–water partition coefficient (Wildman–Crippen LogP) is 1.80. The highest BCUT2D eigenvalue weighted by molar-refractivity contribution is 5.92. The molecule has 1 amide bonds. The summed E-state index contributed by atoms with van der Waals surface area (Å²) in [5.74, 6) is 0.190. The van der Waals surface area contributed by atoms with Gasteiger partial charge in [-0.15, -0.1) is 0 Å². The van der Waals surface area contributed by atoms with Crippen LogP contribution < -0.4 is 15.0 Å². The second-order valence-corrected chi connectivity index (χ2v) is 6.02. The van der Waals surface area contributed by atoms with Gasteiger partial charge >= 0.3 is 5.97 Å². The van der Waals surface area contributed by atoms with Crippen LogP contribution in [0.3, 0.4) is 0 Å². The van der Waals surface area contributed by atoms with Gasteiger partial charge in [-0.3, -0.25) is 9.78 Å². The van der Waals surface area contributed by atoms with Crippen LogP contribution >= 0.6 is 0 Å². The molecule has 136 valence electrons. The summed E-state index contributed by atoms with van der Waals surface area (Å²) in [6, 6.07) is 6.66. The molecule has 2 aromatic rings. The summed E-state index contributed by atoms with van der Waals surface area (Å²) in [7, 11) is 0. The molecule has 3 rings (SSSR count). The van der Waals surface area contributed by atoms with E-state index < -0.39 is 12.6 Å². The summed E-state index contributed by atoms with van der Waals surface area (Å²) in [6.45, 7) is 1.13. The van der Waals surface area contributed by atoms with E-state index >= 15 is 0 Å². The minimum absolute atomic E-state index is 0.0111. The van der Waals surface area contributed by atoms with Gasteiger partial charge in [0.1, 0.15) is 11.6 Å². The van der Waals surface area contributed by atoms with Crippen LogP contribution in [-0.2, 0) is 9.59 Å². The van der Waals surface area contributed by atoms with Gasteiger partial charge in [-0.2, -0.15) is 0 Å². The molecule has 2 N–H and O–H groups in total. The first-order valence-corrected chi connectivity index (χ1v) is 8.38. The highest BCUT2D eigenvalue weighted by atomic mass is 16.5. The lowest BCUT2D eigenvalue weighted by molar-refractivity contribution is -0.139. The highest BCUT2D eigenvalue weighted by Gasteiger charge is 2.25. The zero-order valence-electron chi connectivity index (χ0n) is 14.2. The number of hydrogen-bond acceptors (Lipinski definition) is 6. The number of piperidine rings is 1. The van der Waals surface area contributed by atoms with Crippen molar-refractivity contribution < 1.29 is 19.4 Å². The largest absolute Gasteiger partial charge is 0.482 e. The zero-order chi connectivity index (χ0) is 18.4. The third kappa shape index (κ3) is 4.69. The molecule has 1 aromatic heterocycles. The standard InChI is InChI=1S/C18H20N4O4/c23-17(24)12-26-15-3-1-14(2-4-15)21-18(25)13-5-9-22(10-6-13)16-11-19-7-8-20-16/h1-4,7-8,11,13H,5-6,9-10,12H2,(H,21,25)(H,23,24). The van der Waals surface area contributed by atoms with E-state index in [1.165, 1.54) is 0 Å². The number of aliphatic carboxylic acids is 1. The number of hydrogen-bond donors (Lipinski definition) is 2. The molecule has 2 heterocycles. The van der Waals surface area contributed by atoms with Crippen LogP contribution in [0.4, 0.5) is 11.5 Å². The Bertz CT molecular complexity index is 744. The molecule has 8 heteroatoms. The van der Waals surface area contributed by atoms with Gasteiger partial charge in [0, 0.05) is 37.1 Å². The predicted molar refractivity (Wildman–Crippen MR) is 95.2 cm³/mol. The molecular formula is C18H20N4O4. The summed E-state index contributed by atoms with van der Waals surface area (Å²) in [5, 5.41) is 11.5. The topological polar surface area (TPSA) is 105 Å². The van der Waals surface area contributed by atoms with E-state index in [1.807, 2.05) is 0 Å². The molecule has 0 spiro atoms. The highest BCUT2D eigenvalue weighted by Crippen LogP contribution is 2.23. The molecule has 8 nitrogen and oxygen atoms in total. The zero-order valence-corrected chi connectivity index (χ0v) is 14.2. The number of rotatable bonds is 6. The van der Waals surface area contributed by atoms with Crippen molar-refractivity contribution >= 4 is 23.4 Å². The monoisotopic (exact) mass is 356 g/mol.